The largest absolute Gasteiger partial charge is 0.323 e. The quantitative estimate of drug-likeness (QED) is 0.762. The van der Waals surface area contributed by atoms with Crippen molar-refractivity contribution in [3.63, 3.8) is 0 Å². The second-order valence-corrected chi connectivity index (χ2v) is 5.43. The molecule has 2 rings (SSSR count). The average molecular weight is 358 g/mol. The molecule has 0 saturated carbocycles. The first-order chi connectivity index (χ1) is 9.45. The average Bonchev–Trinajstić information content (AvgIpc) is 2.38. The molecule has 0 aliphatic rings. The summed E-state index contributed by atoms with van der Waals surface area (Å²) in [5.41, 5.74) is 2.09. The Labute approximate surface area is 129 Å². The fourth-order valence-electron chi connectivity index (χ4n) is 1.59. The van der Waals surface area contributed by atoms with E-state index >= 15 is 0 Å². The number of anilines is 2. The summed E-state index contributed by atoms with van der Waals surface area (Å²) in [5.74, 6) is -0.527. The normalized spacial score (nSPS) is 10.2. The van der Waals surface area contributed by atoms with Crippen LogP contribution in [0.4, 0.5) is 20.6 Å². The highest BCUT2D eigenvalue weighted by atomic mass is 79.9. The zero-order valence-corrected chi connectivity index (χ0v) is 12.8. The molecule has 2 aromatic rings. The van der Waals surface area contributed by atoms with Crippen LogP contribution in [0.2, 0.25) is 5.02 Å². The van der Waals surface area contributed by atoms with Crippen molar-refractivity contribution in [2.24, 2.45) is 0 Å². The summed E-state index contributed by atoms with van der Waals surface area (Å²) in [5, 5.41) is 5.22. The molecular formula is C14H11BrClFN2O. The molecule has 0 heterocycles. The highest BCUT2D eigenvalue weighted by molar-refractivity contribution is 9.10. The van der Waals surface area contributed by atoms with Gasteiger partial charge in [0.05, 0.1) is 5.02 Å². The van der Waals surface area contributed by atoms with Gasteiger partial charge in [-0.25, -0.2) is 9.18 Å². The minimum Gasteiger partial charge on any atom is -0.308 e. The topological polar surface area (TPSA) is 41.1 Å². The molecule has 0 atom stereocenters. The van der Waals surface area contributed by atoms with Gasteiger partial charge in [-0.3, -0.25) is 0 Å². The van der Waals surface area contributed by atoms with Gasteiger partial charge in [0.1, 0.15) is 5.82 Å². The fourth-order valence-corrected chi connectivity index (χ4v) is 2.02. The molecule has 2 aromatic carbocycles. The molecule has 0 aromatic heterocycles. The lowest BCUT2D eigenvalue weighted by molar-refractivity contribution is 0.262. The third-order valence-corrected chi connectivity index (χ3v) is 3.77. The van der Waals surface area contributed by atoms with E-state index in [1.807, 2.05) is 19.1 Å². The second kappa shape index (κ2) is 6.24. The van der Waals surface area contributed by atoms with E-state index in [0.717, 1.165) is 10.0 Å². The minimum atomic E-state index is -0.527. The van der Waals surface area contributed by atoms with Crippen molar-refractivity contribution < 1.29 is 9.18 Å². The first-order valence-corrected chi connectivity index (χ1v) is 6.92. The summed E-state index contributed by atoms with van der Waals surface area (Å²) in [4.78, 5) is 11.8. The van der Waals surface area contributed by atoms with Crippen molar-refractivity contribution in [2.75, 3.05) is 10.6 Å². The summed E-state index contributed by atoms with van der Waals surface area (Å²) in [6.45, 7) is 1.92. The summed E-state index contributed by atoms with van der Waals surface area (Å²) in [6, 6.07) is 9.02. The number of nitrogens with one attached hydrogen (secondary N) is 2. The van der Waals surface area contributed by atoms with Crippen LogP contribution in [0, 0.1) is 12.7 Å². The SMILES string of the molecule is Cc1cc(NC(=O)Nc2ccc(F)c(Cl)c2)ccc1Br. The Morgan fingerprint density at radius 2 is 1.75 bits per heavy atom. The van der Waals surface area contributed by atoms with E-state index in [-0.39, 0.29) is 5.02 Å². The molecule has 20 heavy (non-hydrogen) atoms. The van der Waals surface area contributed by atoms with E-state index in [1.54, 1.807) is 6.07 Å². The Bertz CT molecular complexity index is 608. The molecule has 0 radical (unpaired) electrons. The third kappa shape index (κ3) is 3.71. The van der Waals surface area contributed by atoms with Crippen LogP contribution in [0.1, 0.15) is 5.56 Å². The van der Waals surface area contributed by atoms with Crippen LogP contribution in [0.15, 0.2) is 40.9 Å². The molecule has 0 spiro atoms. The van der Waals surface area contributed by atoms with Gasteiger partial charge in [-0.05, 0) is 48.9 Å². The maximum Gasteiger partial charge on any atom is 0.323 e. The van der Waals surface area contributed by atoms with Gasteiger partial charge in [-0.15, -0.1) is 0 Å². The summed E-state index contributed by atoms with van der Waals surface area (Å²) in [6.07, 6.45) is 0. The first-order valence-electron chi connectivity index (χ1n) is 5.75. The van der Waals surface area contributed by atoms with Crippen molar-refractivity contribution in [1.82, 2.24) is 0 Å². The van der Waals surface area contributed by atoms with Crippen molar-refractivity contribution in [3.05, 3.63) is 57.3 Å². The Kier molecular flexibility index (Phi) is 4.62. The summed E-state index contributed by atoms with van der Waals surface area (Å²) < 4.78 is 14.0. The Morgan fingerprint density at radius 1 is 1.15 bits per heavy atom. The zero-order valence-electron chi connectivity index (χ0n) is 10.5. The number of amides is 2. The van der Waals surface area contributed by atoms with E-state index in [2.05, 4.69) is 26.6 Å². The van der Waals surface area contributed by atoms with Gasteiger partial charge in [0, 0.05) is 15.8 Å². The first kappa shape index (κ1) is 14.8. The molecule has 104 valence electrons. The number of urea groups is 1. The molecule has 0 aliphatic heterocycles. The number of aryl methyl sites for hydroxylation is 1. The van der Waals surface area contributed by atoms with Gasteiger partial charge in [0.25, 0.3) is 0 Å². The van der Waals surface area contributed by atoms with Crippen LogP contribution in [-0.4, -0.2) is 6.03 Å². The van der Waals surface area contributed by atoms with Crippen molar-refractivity contribution in [3.8, 4) is 0 Å². The van der Waals surface area contributed by atoms with Crippen LogP contribution in [-0.2, 0) is 0 Å². The molecule has 0 unspecified atom stereocenters. The number of hydrogen-bond donors (Lipinski definition) is 2. The van der Waals surface area contributed by atoms with E-state index < -0.39 is 11.8 Å². The van der Waals surface area contributed by atoms with E-state index in [0.29, 0.717) is 11.4 Å². The fraction of sp³-hybridized carbons (Fsp3) is 0.0714. The number of carbonyl (C=O) groups excluding carboxylic acids is 1. The monoisotopic (exact) mass is 356 g/mol. The minimum absolute atomic E-state index is 0.0395. The van der Waals surface area contributed by atoms with E-state index in [4.69, 9.17) is 11.6 Å². The Balaban J connectivity index is 2.04. The van der Waals surface area contributed by atoms with E-state index in [1.165, 1.54) is 18.2 Å². The maximum atomic E-state index is 13.0. The highest BCUT2D eigenvalue weighted by Crippen LogP contribution is 2.21. The standard InChI is InChI=1S/C14H11BrClFN2O/c1-8-6-9(2-4-11(8)15)18-14(20)19-10-3-5-13(17)12(16)7-10/h2-7H,1H3,(H2,18,19,20). The van der Waals surface area contributed by atoms with E-state index in [9.17, 15) is 9.18 Å². The lowest BCUT2D eigenvalue weighted by Crippen LogP contribution is -2.19. The van der Waals surface area contributed by atoms with Crippen LogP contribution in [0.3, 0.4) is 0 Å². The molecule has 0 saturated heterocycles. The number of benzene rings is 2. The Morgan fingerprint density at radius 3 is 2.35 bits per heavy atom. The second-order valence-electron chi connectivity index (χ2n) is 4.17. The van der Waals surface area contributed by atoms with Crippen molar-refractivity contribution in [2.45, 2.75) is 6.92 Å². The van der Waals surface area contributed by atoms with Crippen LogP contribution >= 0.6 is 27.5 Å². The van der Waals surface area contributed by atoms with Gasteiger partial charge in [0.2, 0.25) is 0 Å². The zero-order chi connectivity index (χ0) is 14.7. The van der Waals surface area contributed by atoms with Gasteiger partial charge >= 0.3 is 6.03 Å². The van der Waals surface area contributed by atoms with Crippen LogP contribution in [0.25, 0.3) is 0 Å². The molecular weight excluding hydrogens is 347 g/mol. The number of halogens is 3. The third-order valence-electron chi connectivity index (χ3n) is 2.59. The number of hydrogen-bond acceptors (Lipinski definition) is 1. The molecule has 3 nitrogen and oxygen atoms in total. The number of carbonyl (C=O) groups is 1. The Hall–Kier alpha value is -1.59. The highest BCUT2D eigenvalue weighted by Gasteiger charge is 2.06. The number of rotatable bonds is 2. The van der Waals surface area contributed by atoms with Crippen LogP contribution < -0.4 is 10.6 Å². The molecule has 0 bridgehead atoms. The molecule has 0 aliphatic carbocycles. The molecule has 2 amide bonds. The lowest BCUT2D eigenvalue weighted by Gasteiger charge is -2.09. The summed E-state index contributed by atoms with van der Waals surface area (Å²) >= 11 is 9.03. The van der Waals surface area contributed by atoms with Gasteiger partial charge in [-0.2, -0.15) is 0 Å². The van der Waals surface area contributed by atoms with Crippen LogP contribution in [0.5, 0.6) is 0 Å². The molecule has 2 N–H and O–H groups in total. The summed E-state index contributed by atoms with van der Waals surface area (Å²) in [7, 11) is 0. The van der Waals surface area contributed by atoms with Gasteiger partial charge in [-0.1, -0.05) is 27.5 Å². The lowest BCUT2D eigenvalue weighted by atomic mass is 10.2. The van der Waals surface area contributed by atoms with Crippen molar-refractivity contribution >= 4 is 44.9 Å². The van der Waals surface area contributed by atoms with Gasteiger partial charge < -0.3 is 10.6 Å². The molecule has 0 fully saturated rings. The molecule has 6 heteroatoms. The maximum absolute atomic E-state index is 13.0. The smallest absolute Gasteiger partial charge is 0.308 e. The predicted molar refractivity (Wildman–Crippen MR) is 82.9 cm³/mol. The van der Waals surface area contributed by atoms with Crippen molar-refractivity contribution in [1.29, 1.82) is 0 Å². The van der Waals surface area contributed by atoms with Gasteiger partial charge in [0.15, 0.2) is 0 Å². The predicted octanol–water partition coefficient (Wildman–Crippen LogP) is 5.19.